The second kappa shape index (κ2) is 5.85. The number of ether oxygens (including phenoxy) is 1. The molecule has 1 atom stereocenters. The first-order valence-electron chi connectivity index (χ1n) is 5.97. The van der Waals surface area contributed by atoms with E-state index in [0.717, 1.165) is 36.3 Å². The van der Waals surface area contributed by atoms with Crippen LogP contribution in [0.3, 0.4) is 0 Å². The van der Waals surface area contributed by atoms with E-state index >= 15 is 0 Å². The van der Waals surface area contributed by atoms with E-state index in [-0.39, 0.29) is 0 Å². The van der Waals surface area contributed by atoms with Crippen LogP contribution < -0.4 is 10.1 Å². The van der Waals surface area contributed by atoms with Crippen LogP contribution in [0.2, 0.25) is 0 Å². The minimum absolute atomic E-state index is 0.293. The number of nitrogens with zero attached hydrogens (tertiary/aromatic N) is 1. The van der Waals surface area contributed by atoms with Gasteiger partial charge in [-0.25, -0.2) is 0 Å². The number of hydrogen-bond acceptors (Lipinski definition) is 3. The number of fused-ring (bicyclic) bond motifs is 1. The second-order valence-corrected chi connectivity index (χ2v) is 5.48. The van der Waals surface area contributed by atoms with Crippen molar-refractivity contribution in [3.8, 4) is 5.75 Å². The van der Waals surface area contributed by atoms with Crippen LogP contribution in [0.15, 0.2) is 22.7 Å². The van der Waals surface area contributed by atoms with Crippen molar-refractivity contribution in [2.45, 2.75) is 12.5 Å². The van der Waals surface area contributed by atoms with Gasteiger partial charge in [0.1, 0.15) is 11.9 Å². The summed E-state index contributed by atoms with van der Waals surface area (Å²) < 4.78 is 7.06. The third kappa shape index (κ3) is 3.44. The van der Waals surface area contributed by atoms with Gasteiger partial charge in [-0.05, 0) is 37.9 Å². The summed E-state index contributed by atoms with van der Waals surface area (Å²) >= 11 is 3.50. The van der Waals surface area contributed by atoms with E-state index in [1.807, 2.05) is 19.2 Å². The summed E-state index contributed by atoms with van der Waals surface area (Å²) in [7, 11) is 4.12. The van der Waals surface area contributed by atoms with Crippen LogP contribution in [-0.4, -0.2) is 44.7 Å². The Labute approximate surface area is 111 Å². The van der Waals surface area contributed by atoms with Crippen molar-refractivity contribution in [2.24, 2.45) is 0 Å². The van der Waals surface area contributed by atoms with E-state index in [2.05, 4.69) is 39.3 Å². The van der Waals surface area contributed by atoms with Crippen LogP contribution >= 0.6 is 15.9 Å². The molecule has 1 unspecified atom stereocenters. The Morgan fingerprint density at radius 2 is 2.35 bits per heavy atom. The molecule has 0 bridgehead atoms. The van der Waals surface area contributed by atoms with Crippen molar-refractivity contribution in [3.63, 3.8) is 0 Å². The molecule has 3 nitrogen and oxygen atoms in total. The highest BCUT2D eigenvalue weighted by Gasteiger charge is 2.23. The molecule has 2 rings (SSSR count). The molecular weight excluding hydrogens is 280 g/mol. The number of rotatable bonds is 5. The standard InChI is InChI=1S/C13H19BrN2O/c1-15-5-6-16(2)9-12-8-10-7-11(14)3-4-13(10)17-12/h3-4,7,12,15H,5-6,8-9H2,1-2H3. The Kier molecular flexibility index (Phi) is 4.42. The quantitative estimate of drug-likeness (QED) is 0.899. The SMILES string of the molecule is CNCCN(C)CC1Cc2cc(Br)ccc2O1. The van der Waals surface area contributed by atoms with Gasteiger partial charge in [-0.1, -0.05) is 15.9 Å². The topological polar surface area (TPSA) is 24.5 Å². The predicted octanol–water partition coefficient (Wildman–Crippen LogP) is 1.90. The summed E-state index contributed by atoms with van der Waals surface area (Å²) in [5.74, 6) is 1.04. The fourth-order valence-electron chi connectivity index (χ4n) is 2.13. The normalized spacial score (nSPS) is 18.2. The highest BCUT2D eigenvalue weighted by atomic mass is 79.9. The maximum Gasteiger partial charge on any atom is 0.123 e. The lowest BCUT2D eigenvalue weighted by Gasteiger charge is -2.20. The van der Waals surface area contributed by atoms with E-state index in [9.17, 15) is 0 Å². The van der Waals surface area contributed by atoms with Crippen molar-refractivity contribution in [1.29, 1.82) is 0 Å². The van der Waals surface area contributed by atoms with Gasteiger partial charge in [-0.15, -0.1) is 0 Å². The molecule has 0 amide bonds. The average molecular weight is 299 g/mol. The summed E-state index contributed by atoms with van der Waals surface area (Å²) in [5, 5.41) is 3.16. The zero-order valence-corrected chi connectivity index (χ0v) is 12.0. The number of likely N-dealkylation sites (N-methyl/N-ethyl adjacent to an activating group) is 2. The highest BCUT2D eigenvalue weighted by molar-refractivity contribution is 9.10. The summed E-state index contributed by atoms with van der Waals surface area (Å²) in [6, 6.07) is 6.24. The first-order chi connectivity index (χ1) is 8.19. The fourth-order valence-corrected chi connectivity index (χ4v) is 2.54. The van der Waals surface area contributed by atoms with Crippen molar-refractivity contribution in [3.05, 3.63) is 28.2 Å². The molecule has 17 heavy (non-hydrogen) atoms. The van der Waals surface area contributed by atoms with E-state index in [0.29, 0.717) is 6.10 Å². The number of nitrogens with one attached hydrogen (secondary N) is 1. The van der Waals surface area contributed by atoms with Gasteiger partial charge in [0, 0.05) is 30.5 Å². The third-order valence-electron chi connectivity index (χ3n) is 3.02. The molecule has 1 heterocycles. The molecule has 1 aliphatic heterocycles. The molecule has 0 spiro atoms. The molecule has 1 aliphatic rings. The minimum atomic E-state index is 0.293. The van der Waals surface area contributed by atoms with Crippen LogP contribution in [0.25, 0.3) is 0 Å². The fraction of sp³-hybridized carbons (Fsp3) is 0.538. The molecule has 0 fully saturated rings. The molecule has 94 valence electrons. The molecular formula is C13H19BrN2O. The van der Waals surface area contributed by atoms with Crippen LogP contribution in [0.1, 0.15) is 5.56 Å². The molecule has 0 radical (unpaired) electrons. The van der Waals surface area contributed by atoms with Crippen molar-refractivity contribution in [2.75, 3.05) is 33.7 Å². The summed E-state index contributed by atoms with van der Waals surface area (Å²) in [6.07, 6.45) is 1.31. The first kappa shape index (κ1) is 12.9. The Bertz CT molecular complexity index is 384. The molecule has 0 aliphatic carbocycles. The van der Waals surface area contributed by atoms with Crippen LogP contribution in [-0.2, 0) is 6.42 Å². The highest BCUT2D eigenvalue weighted by Crippen LogP contribution is 2.31. The summed E-state index contributed by atoms with van der Waals surface area (Å²) in [5.41, 5.74) is 1.31. The Balaban J connectivity index is 1.87. The third-order valence-corrected chi connectivity index (χ3v) is 3.52. The van der Waals surface area contributed by atoms with E-state index < -0.39 is 0 Å². The van der Waals surface area contributed by atoms with Gasteiger partial charge >= 0.3 is 0 Å². The lowest BCUT2D eigenvalue weighted by atomic mass is 10.1. The second-order valence-electron chi connectivity index (χ2n) is 4.56. The lowest BCUT2D eigenvalue weighted by Crippen LogP contribution is -2.35. The van der Waals surface area contributed by atoms with Gasteiger partial charge in [-0.3, -0.25) is 0 Å². The molecule has 0 aromatic heterocycles. The largest absolute Gasteiger partial charge is 0.488 e. The average Bonchev–Trinajstić information content (AvgIpc) is 2.67. The van der Waals surface area contributed by atoms with Gasteiger partial charge in [0.2, 0.25) is 0 Å². The monoisotopic (exact) mass is 298 g/mol. The van der Waals surface area contributed by atoms with Crippen molar-refractivity contribution >= 4 is 15.9 Å². The zero-order valence-electron chi connectivity index (χ0n) is 10.4. The van der Waals surface area contributed by atoms with E-state index in [1.54, 1.807) is 0 Å². The van der Waals surface area contributed by atoms with Gasteiger partial charge in [0.15, 0.2) is 0 Å². The van der Waals surface area contributed by atoms with Gasteiger partial charge in [0.05, 0.1) is 0 Å². The molecule has 0 saturated heterocycles. The van der Waals surface area contributed by atoms with Gasteiger partial charge in [-0.2, -0.15) is 0 Å². The molecule has 1 N–H and O–H groups in total. The lowest BCUT2D eigenvalue weighted by molar-refractivity contribution is 0.169. The van der Waals surface area contributed by atoms with Crippen LogP contribution in [0, 0.1) is 0 Å². The number of benzene rings is 1. The maximum absolute atomic E-state index is 5.93. The number of hydrogen-bond donors (Lipinski definition) is 1. The predicted molar refractivity (Wildman–Crippen MR) is 73.7 cm³/mol. The van der Waals surface area contributed by atoms with Crippen molar-refractivity contribution in [1.82, 2.24) is 10.2 Å². The summed E-state index contributed by atoms with van der Waals surface area (Å²) in [6.45, 7) is 3.05. The summed E-state index contributed by atoms with van der Waals surface area (Å²) in [4.78, 5) is 2.31. The van der Waals surface area contributed by atoms with E-state index in [4.69, 9.17) is 4.74 Å². The molecule has 1 aromatic rings. The van der Waals surface area contributed by atoms with Crippen LogP contribution in [0.5, 0.6) is 5.75 Å². The van der Waals surface area contributed by atoms with Gasteiger partial charge < -0.3 is 15.0 Å². The Morgan fingerprint density at radius 3 is 3.12 bits per heavy atom. The zero-order chi connectivity index (χ0) is 12.3. The Hall–Kier alpha value is -0.580. The number of halogens is 1. The molecule has 4 heteroatoms. The maximum atomic E-state index is 5.93. The first-order valence-corrected chi connectivity index (χ1v) is 6.76. The minimum Gasteiger partial charge on any atom is -0.488 e. The van der Waals surface area contributed by atoms with Crippen molar-refractivity contribution < 1.29 is 4.74 Å². The Morgan fingerprint density at radius 1 is 1.53 bits per heavy atom. The molecule has 0 saturated carbocycles. The van der Waals surface area contributed by atoms with Crippen LogP contribution in [0.4, 0.5) is 0 Å². The van der Waals surface area contributed by atoms with E-state index in [1.165, 1.54) is 5.56 Å². The molecule has 1 aromatic carbocycles. The smallest absolute Gasteiger partial charge is 0.123 e. The van der Waals surface area contributed by atoms with Gasteiger partial charge in [0.25, 0.3) is 0 Å².